The standard InChI is InChI=1S/C25H26N4O3/c1-2-28-21-14-29-20(9-8-18(25(29)32)16-10-12-26-13-11-16)23(28)22(19(21)15-30)24(31)27-17-6-4-3-5-7-17/h3-13,19,21-23,30H,2,14-15H2,1H3,(H,27,31)/t19-,21-,22+,23+/m0/s1. The van der Waals surface area contributed by atoms with E-state index in [1.54, 1.807) is 17.0 Å². The Bertz CT molecular complexity index is 1180. The number of benzene rings is 1. The lowest BCUT2D eigenvalue weighted by Crippen LogP contribution is -2.46. The van der Waals surface area contributed by atoms with E-state index < -0.39 is 5.92 Å². The van der Waals surface area contributed by atoms with E-state index in [0.29, 0.717) is 12.1 Å². The third-order valence-electron chi connectivity index (χ3n) is 6.87. The maximum absolute atomic E-state index is 13.5. The van der Waals surface area contributed by atoms with Gasteiger partial charge < -0.3 is 15.0 Å². The van der Waals surface area contributed by atoms with Gasteiger partial charge in [-0.25, -0.2) is 0 Å². The average molecular weight is 431 g/mol. The molecule has 164 valence electrons. The van der Waals surface area contributed by atoms with Gasteiger partial charge in [0.05, 0.1) is 12.0 Å². The summed E-state index contributed by atoms with van der Waals surface area (Å²) < 4.78 is 1.80. The molecule has 0 aliphatic carbocycles. The number of carbonyl (C=O) groups is 1. The molecule has 1 aromatic carbocycles. The number of carbonyl (C=O) groups excluding carboxylic acids is 1. The number of nitrogens with one attached hydrogen (secondary N) is 1. The lowest BCUT2D eigenvalue weighted by atomic mass is 9.86. The van der Waals surface area contributed by atoms with E-state index in [4.69, 9.17) is 0 Å². The van der Waals surface area contributed by atoms with Gasteiger partial charge in [-0.1, -0.05) is 25.1 Å². The van der Waals surface area contributed by atoms with Crippen molar-refractivity contribution in [2.24, 2.45) is 11.8 Å². The second-order valence-electron chi connectivity index (χ2n) is 8.39. The number of nitrogens with zero attached hydrogens (tertiary/aromatic N) is 3. The fourth-order valence-corrected chi connectivity index (χ4v) is 5.45. The monoisotopic (exact) mass is 430 g/mol. The van der Waals surface area contributed by atoms with Gasteiger partial charge in [-0.3, -0.25) is 19.5 Å². The quantitative estimate of drug-likeness (QED) is 0.650. The Labute approximate surface area is 186 Å². The molecule has 1 saturated heterocycles. The number of aliphatic hydroxyl groups is 1. The number of hydrogen-bond donors (Lipinski definition) is 2. The highest BCUT2D eigenvalue weighted by atomic mass is 16.3. The Hall–Kier alpha value is -3.29. The predicted octanol–water partition coefficient (Wildman–Crippen LogP) is 2.53. The van der Waals surface area contributed by atoms with E-state index in [2.05, 4.69) is 22.1 Å². The van der Waals surface area contributed by atoms with Crippen LogP contribution in [0.5, 0.6) is 0 Å². The minimum atomic E-state index is -0.454. The van der Waals surface area contributed by atoms with Crippen LogP contribution in [-0.2, 0) is 11.3 Å². The molecule has 1 fully saturated rings. The van der Waals surface area contributed by atoms with Crippen molar-refractivity contribution in [2.45, 2.75) is 25.6 Å². The van der Waals surface area contributed by atoms with Crippen LogP contribution in [0.3, 0.4) is 0 Å². The van der Waals surface area contributed by atoms with Gasteiger partial charge in [-0.15, -0.1) is 0 Å². The van der Waals surface area contributed by atoms with Crippen LogP contribution in [0, 0.1) is 11.8 Å². The summed E-state index contributed by atoms with van der Waals surface area (Å²) in [4.78, 5) is 33.2. The van der Waals surface area contributed by atoms with Gasteiger partial charge in [0.1, 0.15) is 0 Å². The Morgan fingerprint density at radius 1 is 1.12 bits per heavy atom. The van der Waals surface area contributed by atoms with Crippen molar-refractivity contribution in [3.8, 4) is 11.1 Å². The van der Waals surface area contributed by atoms with E-state index in [0.717, 1.165) is 23.5 Å². The summed E-state index contributed by atoms with van der Waals surface area (Å²) >= 11 is 0. The van der Waals surface area contributed by atoms with Gasteiger partial charge in [0.2, 0.25) is 5.91 Å². The van der Waals surface area contributed by atoms with Gasteiger partial charge in [0.15, 0.2) is 0 Å². The normalized spacial score (nSPS) is 24.2. The number of amides is 1. The summed E-state index contributed by atoms with van der Waals surface area (Å²) in [6.07, 6.45) is 3.35. The number of para-hydroxylation sites is 1. The largest absolute Gasteiger partial charge is 0.396 e. The first-order valence-corrected chi connectivity index (χ1v) is 11.0. The zero-order valence-corrected chi connectivity index (χ0v) is 17.9. The van der Waals surface area contributed by atoms with Gasteiger partial charge in [-0.05, 0) is 48.5 Å². The van der Waals surface area contributed by atoms with E-state index >= 15 is 0 Å². The molecule has 0 saturated carbocycles. The Balaban J connectivity index is 1.58. The minimum absolute atomic E-state index is 0.0692. The molecule has 2 aliphatic heterocycles. The first-order valence-electron chi connectivity index (χ1n) is 11.0. The zero-order valence-electron chi connectivity index (χ0n) is 17.9. The third-order valence-corrected chi connectivity index (χ3v) is 6.87. The molecule has 0 unspecified atom stereocenters. The summed E-state index contributed by atoms with van der Waals surface area (Å²) in [6, 6.07) is 16.5. The topological polar surface area (TPSA) is 87.5 Å². The van der Waals surface area contributed by atoms with Crippen LogP contribution in [0.15, 0.2) is 71.8 Å². The zero-order chi connectivity index (χ0) is 22.2. The number of rotatable bonds is 5. The molecule has 7 heteroatoms. The predicted molar refractivity (Wildman–Crippen MR) is 122 cm³/mol. The van der Waals surface area contributed by atoms with E-state index in [1.807, 2.05) is 54.6 Å². The Morgan fingerprint density at radius 3 is 2.56 bits per heavy atom. The van der Waals surface area contributed by atoms with Crippen molar-refractivity contribution in [3.05, 3.63) is 83.0 Å². The van der Waals surface area contributed by atoms with Gasteiger partial charge in [0.25, 0.3) is 5.56 Å². The molecule has 3 aromatic rings. The maximum atomic E-state index is 13.5. The summed E-state index contributed by atoms with van der Waals surface area (Å²) in [5, 5.41) is 13.3. The molecule has 2 bridgehead atoms. The summed E-state index contributed by atoms with van der Waals surface area (Å²) in [7, 11) is 0. The molecule has 2 aromatic heterocycles. The molecule has 32 heavy (non-hydrogen) atoms. The molecule has 4 heterocycles. The highest BCUT2D eigenvalue weighted by Gasteiger charge is 2.55. The third kappa shape index (κ3) is 3.25. The number of hydrogen-bond acceptors (Lipinski definition) is 5. The Morgan fingerprint density at radius 2 is 1.88 bits per heavy atom. The lowest BCUT2D eigenvalue weighted by molar-refractivity contribution is -0.122. The van der Waals surface area contributed by atoms with E-state index in [1.165, 1.54) is 0 Å². The van der Waals surface area contributed by atoms with Crippen LogP contribution >= 0.6 is 0 Å². The van der Waals surface area contributed by atoms with Crippen LogP contribution in [0.25, 0.3) is 11.1 Å². The first kappa shape index (κ1) is 20.6. The minimum Gasteiger partial charge on any atom is -0.396 e. The highest BCUT2D eigenvalue weighted by Crippen LogP contribution is 2.48. The highest BCUT2D eigenvalue weighted by molar-refractivity contribution is 5.93. The molecule has 2 aliphatic rings. The van der Waals surface area contributed by atoms with Crippen molar-refractivity contribution in [2.75, 3.05) is 18.5 Å². The van der Waals surface area contributed by atoms with E-state index in [9.17, 15) is 14.7 Å². The van der Waals surface area contributed by atoms with Gasteiger partial charge in [0, 0.05) is 54.4 Å². The van der Waals surface area contributed by atoms with Gasteiger partial charge in [-0.2, -0.15) is 0 Å². The number of pyridine rings is 2. The molecule has 1 amide bonds. The average Bonchev–Trinajstić information content (AvgIpc) is 3.06. The SMILES string of the molecule is CCN1[C@@H]2c3ccc(-c4ccncc4)c(=O)n3C[C@H]1[C@H](CO)[C@H]2C(=O)Nc1ccccc1. The molecule has 5 rings (SSSR count). The second kappa shape index (κ2) is 8.33. The van der Waals surface area contributed by atoms with Crippen LogP contribution in [0.4, 0.5) is 5.69 Å². The van der Waals surface area contributed by atoms with Crippen molar-refractivity contribution in [1.29, 1.82) is 0 Å². The number of aliphatic hydroxyl groups excluding tert-OH is 1. The van der Waals surface area contributed by atoms with Crippen molar-refractivity contribution in [1.82, 2.24) is 14.5 Å². The van der Waals surface area contributed by atoms with E-state index in [-0.39, 0.29) is 36.1 Å². The van der Waals surface area contributed by atoms with Gasteiger partial charge >= 0.3 is 0 Å². The molecule has 0 spiro atoms. The molecule has 0 radical (unpaired) electrons. The first-order chi connectivity index (χ1) is 15.6. The molecular weight excluding hydrogens is 404 g/mol. The van der Waals surface area contributed by atoms with Crippen LogP contribution in [0.1, 0.15) is 18.7 Å². The van der Waals surface area contributed by atoms with Crippen LogP contribution < -0.4 is 10.9 Å². The van der Waals surface area contributed by atoms with Crippen molar-refractivity contribution in [3.63, 3.8) is 0 Å². The van der Waals surface area contributed by atoms with Crippen LogP contribution in [0.2, 0.25) is 0 Å². The molecule has 2 N–H and O–H groups in total. The number of fused-ring (bicyclic) bond motifs is 4. The van der Waals surface area contributed by atoms with Crippen molar-refractivity contribution >= 4 is 11.6 Å². The fourth-order valence-electron chi connectivity index (χ4n) is 5.45. The smallest absolute Gasteiger partial charge is 0.258 e. The summed E-state index contributed by atoms with van der Waals surface area (Å²) in [5.74, 6) is -0.835. The van der Waals surface area contributed by atoms with Crippen LogP contribution in [-0.4, -0.2) is 44.7 Å². The summed E-state index contributed by atoms with van der Waals surface area (Å²) in [5.41, 5.74) is 2.92. The lowest BCUT2D eigenvalue weighted by Gasteiger charge is -2.37. The number of anilines is 1. The maximum Gasteiger partial charge on any atom is 0.258 e. The molecular formula is C25H26N4O3. The Kier molecular flexibility index (Phi) is 5.36. The number of aromatic nitrogens is 2. The second-order valence-corrected chi connectivity index (χ2v) is 8.39. The fraction of sp³-hybridized carbons (Fsp3) is 0.320. The number of likely N-dealkylation sites (N-methyl/N-ethyl adjacent to an activating group) is 1. The molecule has 4 atom stereocenters. The van der Waals surface area contributed by atoms with Crippen molar-refractivity contribution < 1.29 is 9.90 Å². The molecule has 7 nitrogen and oxygen atoms in total. The summed E-state index contributed by atoms with van der Waals surface area (Å²) in [6.45, 7) is 3.15.